The van der Waals surface area contributed by atoms with E-state index < -0.39 is 47.9 Å². The molecule has 0 aliphatic heterocycles. The highest BCUT2D eigenvalue weighted by Crippen LogP contribution is 2.37. The molecule has 6 nitrogen and oxygen atoms in total. The van der Waals surface area contributed by atoms with Crippen molar-refractivity contribution >= 4 is 51.9 Å². The Hall–Kier alpha value is -2.79. The topological polar surface area (TPSA) is 96.4 Å². The molecule has 3 aromatic rings. The molecular formula is C33H35Cl2F3N2O4S. The summed E-state index contributed by atoms with van der Waals surface area (Å²) in [5, 5.41) is 14.7. The molecule has 4 rings (SSSR count). The first kappa shape index (κ1) is 35.1. The van der Waals surface area contributed by atoms with Crippen molar-refractivity contribution in [1.29, 1.82) is 0 Å². The number of thiazole rings is 1. The maximum absolute atomic E-state index is 14.6. The molecule has 242 valence electrons. The normalized spacial score (nSPS) is 16.0. The molecular weight excluding hydrogens is 648 g/mol. The van der Waals surface area contributed by atoms with E-state index in [4.69, 9.17) is 23.2 Å². The molecule has 1 heterocycles. The molecule has 1 aliphatic rings. The zero-order valence-corrected chi connectivity index (χ0v) is 27.0. The van der Waals surface area contributed by atoms with Gasteiger partial charge < -0.3 is 5.11 Å². The number of phenolic OH excluding ortho intramolecular Hbond substituents is 1. The first-order valence-corrected chi connectivity index (χ1v) is 16.6. The van der Waals surface area contributed by atoms with Crippen molar-refractivity contribution < 1.29 is 32.7 Å². The van der Waals surface area contributed by atoms with Crippen molar-refractivity contribution in [3.63, 3.8) is 0 Å². The SMILES string of the molecule is CCC[C@H](CC(=O)[C@H](Cc1cc(Cl)c(O)c(Cl)c1)N[C@@H](c1ccc(-c2nccs2)cc1)C(F)(F)F)C(=O)C(=O)CC1CCCC1. The fraction of sp³-hybridized carbons (Fsp3) is 0.455. The summed E-state index contributed by atoms with van der Waals surface area (Å²) in [6, 6.07) is 4.75. The van der Waals surface area contributed by atoms with Crippen LogP contribution in [0.1, 0.15) is 75.5 Å². The molecule has 45 heavy (non-hydrogen) atoms. The van der Waals surface area contributed by atoms with Crippen LogP contribution in [0.2, 0.25) is 10.0 Å². The summed E-state index contributed by atoms with van der Waals surface area (Å²) in [4.78, 5) is 44.1. The van der Waals surface area contributed by atoms with E-state index in [1.54, 1.807) is 11.6 Å². The summed E-state index contributed by atoms with van der Waals surface area (Å²) in [5.74, 6) is -2.99. The summed E-state index contributed by atoms with van der Waals surface area (Å²) in [7, 11) is 0. The van der Waals surface area contributed by atoms with Crippen LogP contribution >= 0.6 is 34.5 Å². The monoisotopic (exact) mass is 682 g/mol. The van der Waals surface area contributed by atoms with Crippen LogP contribution in [0, 0.1) is 11.8 Å². The van der Waals surface area contributed by atoms with Gasteiger partial charge in [0, 0.05) is 35.9 Å². The van der Waals surface area contributed by atoms with Gasteiger partial charge in [-0.1, -0.05) is 86.5 Å². The predicted octanol–water partition coefficient (Wildman–Crippen LogP) is 8.72. The van der Waals surface area contributed by atoms with E-state index >= 15 is 0 Å². The third kappa shape index (κ3) is 9.37. The Morgan fingerprint density at radius 1 is 1.09 bits per heavy atom. The Morgan fingerprint density at radius 3 is 2.29 bits per heavy atom. The maximum Gasteiger partial charge on any atom is 0.407 e. The summed E-state index contributed by atoms with van der Waals surface area (Å²) in [6.45, 7) is 1.82. The Kier molecular flexibility index (Phi) is 12.2. The third-order valence-corrected chi connectivity index (χ3v) is 9.60. The fourth-order valence-electron chi connectivity index (χ4n) is 5.87. The van der Waals surface area contributed by atoms with Crippen molar-refractivity contribution in [2.75, 3.05) is 0 Å². The standard InChI is InChI=1S/C33H35Cl2F3N2O4S/c1-2-5-23(29(43)28(42)17-19-6-3-4-7-19)18-27(41)26(16-20-14-24(34)30(44)25(35)15-20)40-31(33(36,37)38)21-8-10-22(11-9-21)32-39-12-13-45-32/h8-15,19,23,26,31,40,44H,2-7,16-18H2,1H3/t23-,26+,31+/m1/s1. The number of benzene rings is 2. The van der Waals surface area contributed by atoms with E-state index in [1.165, 1.54) is 47.7 Å². The summed E-state index contributed by atoms with van der Waals surface area (Å²) < 4.78 is 43.7. The number of halogens is 5. The van der Waals surface area contributed by atoms with E-state index in [-0.39, 0.29) is 46.5 Å². The number of carbonyl (C=O) groups excluding carboxylic acids is 3. The minimum absolute atomic E-state index is 0.115. The van der Waals surface area contributed by atoms with Crippen LogP contribution in [-0.2, 0) is 20.8 Å². The molecule has 0 saturated heterocycles. The van der Waals surface area contributed by atoms with Gasteiger partial charge in [-0.2, -0.15) is 13.2 Å². The molecule has 2 N–H and O–H groups in total. The van der Waals surface area contributed by atoms with E-state index in [2.05, 4.69) is 10.3 Å². The van der Waals surface area contributed by atoms with Gasteiger partial charge in [-0.15, -0.1) is 11.3 Å². The number of rotatable bonds is 15. The first-order valence-electron chi connectivity index (χ1n) is 15.0. The molecule has 1 aromatic heterocycles. The van der Waals surface area contributed by atoms with E-state index in [0.717, 1.165) is 25.7 Å². The Labute approximate surface area is 274 Å². The third-order valence-electron chi connectivity index (χ3n) is 8.20. The lowest BCUT2D eigenvalue weighted by atomic mass is 9.85. The van der Waals surface area contributed by atoms with Gasteiger partial charge in [0.2, 0.25) is 5.78 Å². The van der Waals surface area contributed by atoms with Crippen LogP contribution < -0.4 is 5.32 Å². The molecule has 1 aliphatic carbocycles. The Morgan fingerprint density at radius 2 is 1.73 bits per heavy atom. The Bertz CT molecular complexity index is 1450. The number of aromatic nitrogens is 1. The zero-order chi connectivity index (χ0) is 32.7. The predicted molar refractivity (Wildman–Crippen MR) is 170 cm³/mol. The summed E-state index contributed by atoms with van der Waals surface area (Å²) in [5.41, 5.74) is 0.846. The van der Waals surface area contributed by atoms with Gasteiger partial charge >= 0.3 is 6.18 Å². The summed E-state index contributed by atoms with van der Waals surface area (Å²) in [6.07, 6.45) is 0.834. The number of aromatic hydroxyl groups is 1. The van der Waals surface area contributed by atoms with Crippen LogP contribution in [0.4, 0.5) is 13.2 Å². The average Bonchev–Trinajstić information content (AvgIpc) is 3.72. The van der Waals surface area contributed by atoms with Crippen LogP contribution in [0.25, 0.3) is 10.6 Å². The van der Waals surface area contributed by atoms with Gasteiger partial charge in [0.25, 0.3) is 0 Å². The quantitative estimate of drug-likeness (QED) is 0.156. The maximum atomic E-state index is 14.6. The van der Waals surface area contributed by atoms with Crippen molar-refractivity contribution in [3.05, 3.63) is 69.1 Å². The second-order valence-electron chi connectivity index (χ2n) is 11.6. The molecule has 1 saturated carbocycles. The molecule has 0 amide bonds. The largest absolute Gasteiger partial charge is 0.505 e. The van der Waals surface area contributed by atoms with Crippen molar-refractivity contribution in [1.82, 2.24) is 10.3 Å². The van der Waals surface area contributed by atoms with Gasteiger partial charge in [-0.3, -0.25) is 19.7 Å². The molecule has 2 aromatic carbocycles. The van der Waals surface area contributed by atoms with Crippen molar-refractivity contribution in [3.8, 4) is 16.3 Å². The van der Waals surface area contributed by atoms with Crippen molar-refractivity contribution in [2.45, 2.75) is 83.0 Å². The molecule has 0 spiro atoms. The second-order valence-corrected chi connectivity index (χ2v) is 13.3. The smallest absolute Gasteiger partial charge is 0.407 e. The highest BCUT2D eigenvalue weighted by molar-refractivity contribution is 7.13. The lowest BCUT2D eigenvalue weighted by molar-refractivity contribution is -0.160. The number of Topliss-reactive ketones (excluding diaryl/α,β-unsaturated/α-hetero) is 3. The molecule has 0 unspecified atom stereocenters. The van der Waals surface area contributed by atoms with Gasteiger partial charge in [0.05, 0.1) is 16.1 Å². The van der Waals surface area contributed by atoms with Crippen LogP contribution in [0.5, 0.6) is 5.75 Å². The number of nitrogens with one attached hydrogen (secondary N) is 1. The van der Waals surface area contributed by atoms with Crippen LogP contribution in [0.3, 0.4) is 0 Å². The lowest BCUT2D eigenvalue weighted by Gasteiger charge is -2.28. The number of hydrogen-bond acceptors (Lipinski definition) is 7. The van der Waals surface area contributed by atoms with Gasteiger partial charge in [0.1, 0.15) is 11.0 Å². The lowest BCUT2D eigenvalue weighted by Crippen LogP contribution is -2.46. The Balaban J connectivity index is 1.62. The van der Waals surface area contributed by atoms with E-state index in [9.17, 15) is 32.7 Å². The van der Waals surface area contributed by atoms with Crippen LogP contribution in [-0.4, -0.2) is 39.7 Å². The average molecular weight is 684 g/mol. The minimum atomic E-state index is -4.79. The number of hydrogen-bond donors (Lipinski definition) is 2. The number of phenols is 1. The van der Waals surface area contributed by atoms with Gasteiger partial charge in [0.15, 0.2) is 17.3 Å². The number of carbonyl (C=O) groups is 3. The van der Waals surface area contributed by atoms with Gasteiger partial charge in [-0.25, -0.2) is 4.98 Å². The highest BCUT2D eigenvalue weighted by atomic mass is 35.5. The molecule has 0 radical (unpaired) electrons. The number of ketones is 3. The fourth-order valence-corrected chi connectivity index (χ4v) is 7.04. The van der Waals surface area contributed by atoms with E-state index in [0.29, 0.717) is 22.6 Å². The molecule has 1 fully saturated rings. The summed E-state index contributed by atoms with van der Waals surface area (Å²) >= 11 is 13.5. The minimum Gasteiger partial charge on any atom is -0.505 e. The first-order chi connectivity index (χ1) is 21.4. The van der Waals surface area contributed by atoms with Gasteiger partial charge in [-0.05, 0) is 42.0 Å². The zero-order valence-electron chi connectivity index (χ0n) is 24.7. The second kappa shape index (κ2) is 15.7. The molecule has 12 heteroatoms. The molecule has 0 bridgehead atoms. The van der Waals surface area contributed by atoms with Crippen LogP contribution in [0.15, 0.2) is 48.0 Å². The van der Waals surface area contributed by atoms with E-state index in [1.807, 2.05) is 6.92 Å². The van der Waals surface area contributed by atoms with Crippen molar-refractivity contribution in [2.24, 2.45) is 11.8 Å². The number of alkyl halides is 3. The number of nitrogens with zero attached hydrogens (tertiary/aromatic N) is 1. The molecule has 3 atom stereocenters. The highest BCUT2D eigenvalue weighted by Gasteiger charge is 2.43.